The van der Waals surface area contributed by atoms with Gasteiger partial charge in [0, 0.05) is 6.54 Å². The van der Waals surface area contributed by atoms with E-state index in [4.69, 9.17) is 5.73 Å². The van der Waals surface area contributed by atoms with Crippen molar-refractivity contribution < 1.29 is 4.79 Å². The Balaban J connectivity index is 2.02. The van der Waals surface area contributed by atoms with Gasteiger partial charge >= 0.3 is 0 Å². The van der Waals surface area contributed by atoms with Crippen LogP contribution in [0.2, 0.25) is 0 Å². The van der Waals surface area contributed by atoms with E-state index in [-0.39, 0.29) is 18.0 Å². The van der Waals surface area contributed by atoms with Crippen LogP contribution < -0.4 is 5.73 Å². The highest BCUT2D eigenvalue weighted by atomic mass is 16.2. The summed E-state index contributed by atoms with van der Waals surface area (Å²) in [6.45, 7) is 0.765. The molecule has 1 aliphatic rings. The van der Waals surface area contributed by atoms with Crippen LogP contribution in [0, 0.1) is 0 Å². The van der Waals surface area contributed by atoms with Gasteiger partial charge in [0.25, 0.3) is 0 Å². The Morgan fingerprint density at radius 2 is 1.48 bits per heavy atom. The summed E-state index contributed by atoms with van der Waals surface area (Å²) in [5.41, 5.74) is 8.23. The third-order valence-corrected chi connectivity index (χ3v) is 4.06. The number of carbonyl (C=O) groups excluding carboxylic acids is 1. The van der Waals surface area contributed by atoms with Gasteiger partial charge in [0.15, 0.2) is 0 Å². The zero-order valence-corrected chi connectivity index (χ0v) is 12.0. The van der Waals surface area contributed by atoms with Gasteiger partial charge in [0.05, 0.1) is 12.1 Å². The van der Waals surface area contributed by atoms with Crippen molar-refractivity contribution in [2.75, 3.05) is 6.54 Å². The van der Waals surface area contributed by atoms with E-state index in [2.05, 4.69) is 24.3 Å². The highest BCUT2D eigenvalue weighted by Gasteiger charge is 2.32. The molecule has 1 saturated heterocycles. The number of hydrogen-bond acceptors (Lipinski definition) is 2. The van der Waals surface area contributed by atoms with Gasteiger partial charge < -0.3 is 10.6 Å². The number of nitrogens with zero attached hydrogens (tertiary/aromatic N) is 1. The number of carbonyl (C=O) groups is 1. The minimum Gasteiger partial charge on any atom is -0.330 e. The average molecular weight is 280 g/mol. The van der Waals surface area contributed by atoms with E-state index >= 15 is 0 Å². The second-order valence-corrected chi connectivity index (χ2v) is 5.50. The van der Waals surface area contributed by atoms with Crippen molar-refractivity contribution in [3.05, 3.63) is 71.8 Å². The number of rotatable bonds is 3. The fourth-order valence-corrected chi connectivity index (χ4v) is 3.01. The van der Waals surface area contributed by atoms with E-state index in [0.717, 1.165) is 30.5 Å². The lowest BCUT2D eigenvalue weighted by atomic mass is 9.94. The molecule has 1 fully saturated rings. The van der Waals surface area contributed by atoms with Crippen LogP contribution in [0.25, 0.3) is 0 Å². The molecule has 0 radical (unpaired) electrons. The SMILES string of the molecule is NC1CCCN(C(c2ccccc2)c2ccccc2)C1=O. The number of amides is 1. The fraction of sp³-hybridized carbons (Fsp3) is 0.278. The first-order valence-corrected chi connectivity index (χ1v) is 7.43. The average Bonchev–Trinajstić information content (AvgIpc) is 2.54. The molecule has 0 aromatic heterocycles. The first-order valence-electron chi connectivity index (χ1n) is 7.43. The number of piperidine rings is 1. The molecule has 1 unspecified atom stereocenters. The minimum absolute atomic E-state index is 0.0498. The molecule has 2 aromatic carbocycles. The Kier molecular flexibility index (Phi) is 4.02. The molecule has 3 rings (SSSR count). The number of likely N-dealkylation sites (tertiary alicyclic amines) is 1. The topological polar surface area (TPSA) is 46.3 Å². The molecule has 2 N–H and O–H groups in total. The maximum absolute atomic E-state index is 12.5. The van der Waals surface area contributed by atoms with E-state index < -0.39 is 0 Å². The lowest BCUT2D eigenvalue weighted by Gasteiger charge is -2.37. The van der Waals surface area contributed by atoms with Crippen molar-refractivity contribution in [2.45, 2.75) is 24.9 Å². The number of hydrogen-bond donors (Lipinski definition) is 1. The van der Waals surface area contributed by atoms with Crippen molar-refractivity contribution >= 4 is 5.91 Å². The predicted octanol–water partition coefficient (Wildman–Crippen LogP) is 2.73. The number of benzene rings is 2. The Morgan fingerprint density at radius 1 is 0.952 bits per heavy atom. The van der Waals surface area contributed by atoms with Gasteiger partial charge in [-0.15, -0.1) is 0 Å². The van der Waals surface area contributed by atoms with E-state index in [9.17, 15) is 4.79 Å². The van der Waals surface area contributed by atoms with E-state index in [0.29, 0.717) is 0 Å². The van der Waals surface area contributed by atoms with Crippen molar-refractivity contribution in [1.82, 2.24) is 4.90 Å². The quantitative estimate of drug-likeness (QED) is 0.939. The maximum Gasteiger partial charge on any atom is 0.240 e. The van der Waals surface area contributed by atoms with Gasteiger partial charge in [0.1, 0.15) is 0 Å². The summed E-state index contributed by atoms with van der Waals surface area (Å²) in [5, 5.41) is 0. The summed E-state index contributed by atoms with van der Waals surface area (Å²) in [5.74, 6) is 0.0546. The smallest absolute Gasteiger partial charge is 0.240 e. The van der Waals surface area contributed by atoms with Crippen LogP contribution in [0.15, 0.2) is 60.7 Å². The summed E-state index contributed by atoms with van der Waals surface area (Å²) in [4.78, 5) is 14.4. The van der Waals surface area contributed by atoms with Crippen molar-refractivity contribution in [3.8, 4) is 0 Å². The predicted molar refractivity (Wildman–Crippen MR) is 83.6 cm³/mol. The summed E-state index contributed by atoms with van der Waals surface area (Å²) in [7, 11) is 0. The van der Waals surface area contributed by atoms with Gasteiger partial charge in [-0.2, -0.15) is 0 Å². The standard InChI is InChI=1S/C18H20N2O/c19-16-12-7-13-20(18(16)21)17(14-8-3-1-4-9-14)15-10-5-2-6-11-15/h1-6,8-11,16-17H,7,12-13,19H2. The molecule has 21 heavy (non-hydrogen) atoms. The molecule has 0 aliphatic carbocycles. The van der Waals surface area contributed by atoms with Crippen LogP contribution in [0.3, 0.4) is 0 Å². The van der Waals surface area contributed by atoms with Gasteiger partial charge in [0.2, 0.25) is 5.91 Å². The summed E-state index contributed by atoms with van der Waals surface area (Å²) in [6, 6.07) is 19.9. The van der Waals surface area contributed by atoms with E-state index in [1.54, 1.807) is 0 Å². The van der Waals surface area contributed by atoms with E-state index in [1.807, 2.05) is 41.3 Å². The first-order chi connectivity index (χ1) is 10.3. The van der Waals surface area contributed by atoms with Crippen LogP contribution in [0.5, 0.6) is 0 Å². The van der Waals surface area contributed by atoms with Crippen LogP contribution >= 0.6 is 0 Å². The van der Waals surface area contributed by atoms with Crippen LogP contribution in [-0.4, -0.2) is 23.4 Å². The van der Waals surface area contributed by atoms with Crippen LogP contribution in [0.4, 0.5) is 0 Å². The van der Waals surface area contributed by atoms with E-state index in [1.165, 1.54) is 0 Å². The Morgan fingerprint density at radius 3 is 2.00 bits per heavy atom. The second kappa shape index (κ2) is 6.10. The Labute approximate surface area is 125 Å². The van der Waals surface area contributed by atoms with Crippen molar-refractivity contribution in [1.29, 1.82) is 0 Å². The minimum atomic E-state index is -0.367. The molecular formula is C18H20N2O. The first kappa shape index (κ1) is 13.8. The molecule has 2 aromatic rings. The van der Waals surface area contributed by atoms with Crippen molar-refractivity contribution in [2.24, 2.45) is 5.73 Å². The largest absolute Gasteiger partial charge is 0.330 e. The molecule has 0 saturated carbocycles. The summed E-state index contributed by atoms with van der Waals surface area (Å²) >= 11 is 0. The molecule has 0 spiro atoms. The Bertz CT molecular complexity index is 558. The molecule has 3 heteroatoms. The third-order valence-electron chi connectivity index (χ3n) is 4.06. The normalized spacial score (nSPS) is 19.0. The molecule has 1 atom stereocenters. The Hall–Kier alpha value is -2.13. The zero-order valence-electron chi connectivity index (χ0n) is 12.0. The molecule has 108 valence electrons. The van der Waals surface area contributed by atoms with Crippen LogP contribution in [-0.2, 0) is 4.79 Å². The molecular weight excluding hydrogens is 260 g/mol. The third kappa shape index (κ3) is 2.83. The van der Waals surface area contributed by atoms with Gasteiger partial charge in [-0.25, -0.2) is 0 Å². The molecule has 1 amide bonds. The van der Waals surface area contributed by atoms with Gasteiger partial charge in [-0.1, -0.05) is 60.7 Å². The highest BCUT2D eigenvalue weighted by molar-refractivity contribution is 5.83. The van der Waals surface area contributed by atoms with Gasteiger partial charge in [-0.05, 0) is 24.0 Å². The molecule has 3 nitrogen and oxygen atoms in total. The molecule has 0 bridgehead atoms. The zero-order chi connectivity index (χ0) is 14.7. The maximum atomic E-state index is 12.5. The lowest BCUT2D eigenvalue weighted by Crippen LogP contribution is -2.49. The lowest BCUT2D eigenvalue weighted by molar-refractivity contribution is -0.136. The van der Waals surface area contributed by atoms with Gasteiger partial charge in [-0.3, -0.25) is 4.79 Å². The highest BCUT2D eigenvalue weighted by Crippen LogP contribution is 2.31. The second-order valence-electron chi connectivity index (χ2n) is 5.50. The fourth-order valence-electron chi connectivity index (χ4n) is 3.01. The number of nitrogens with two attached hydrogens (primary N) is 1. The monoisotopic (exact) mass is 280 g/mol. The van der Waals surface area contributed by atoms with Crippen LogP contribution in [0.1, 0.15) is 30.0 Å². The molecule has 1 aliphatic heterocycles. The molecule has 1 heterocycles. The van der Waals surface area contributed by atoms with Crippen molar-refractivity contribution in [3.63, 3.8) is 0 Å². The summed E-state index contributed by atoms with van der Waals surface area (Å²) in [6.07, 6.45) is 1.74. The summed E-state index contributed by atoms with van der Waals surface area (Å²) < 4.78 is 0.